The lowest BCUT2D eigenvalue weighted by Gasteiger charge is -2.11. The van der Waals surface area contributed by atoms with Gasteiger partial charge in [0.2, 0.25) is 0 Å². The summed E-state index contributed by atoms with van der Waals surface area (Å²) in [5.41, 5.74) is -0.293. The van der Waals surface area contributed by atoms with Gasteiger partial charge < -0.3 is 9.47 Å². The minimum Gasteiger partial charge on any atom is -0.462 e. The molecule has 62 heavy (non-hydrogen) atoms. The highest BCUT2D eigenvalue weighted by molar-refractivity contribution is 7.85. The lowest BCUT2D eigenvalue weighted by Crippen LogP contribution is -2.16. The molecule has 0 aliphatic rings. The first-order valence-corrected chi connectivity index (χ1v) is 27.5. The van der Waals surface area contributed by atoms with E-state index in [1.165, 1.54) is 186 Å². The van der Waals surface area contributed by atoms with E-state index in [2.05, 4.69) is 38.2 Å². The summed E-state index contributed by atoms with van der Waals surface area (Å²) >= 11 is 0. The fourth-order valence-electron chi connectivity index (χ4n) is 7.98. The Morgan fingerprint density at radius 1 is 0.419 bits per heavy atom. The molecular weight excluding hydrogens is 793 g/mol. The largest absolute Gasteiger partial charge is 0.462 e. The van der Waals surface area contributed by atoms with Crippen LogP contribution in [0.3, 0.4) is 0 Å². The average Bonchev–Trinajstić information content (AvgIpc) is 3.26. The summed E-state index contributed by atoms with van der Waals surface area (Å²) in [4.78, 5) is 25.5. The maximum Gasteiger partial charge on any atom is 0.339 e. The van der Waals surface area contributed by atoms with Crippen LogP contribution >= 0.6 is 0 Å². The molecule has 0 saturated heterocycles. The van der Waals surface area contributed by atoms with Crippen molar-refractivity contribution in [2.75, 3.05) is 13.2 Å². The van der Waals surface area contributed by atoms with Crippen LogP contribution in [-0.4, -0.2) is 38.1 Å². The van der Waals surface area contributed by atoms with Gasteiger partial charge in [-0.1, -0.05) is 205 Å². The molecule has 358 valence electrons. The Bertz CT molecular complexity index is 1370. The molecule has 0 unspecified atom stereocenters. The molecule has 0 spiro atoms. The first kappa shape index (κ1) is 57.6. The molecule has 0 bridgehead atoms. The standard InChI is InChI=1S/C54H94O7S/c1-3-5-7-9-11-13-15-17-19-21-23-25-27-29-31-33-35-37-39-41-43-47-60-53(55)51-46-45-50(62(57,58)59)49-52(51)54(56)61-48-44-42-40-38-36-34-32-30-28-26-24-22-20-18-16-14-12-10-8-6-4-2/h33-36,45-46,49H,3-32,37-44,47-48H2,1-2H3,(H,57,58,59)/b35-33+,36-34+. The smallest absolute Gasteiger partial charge is 0.339 e. The number of hydrogen-bond acceptors (Lipinski definition) is 6. The van der Waals surface area contributed by atoms with Crippen LogP contribution < -0.4 is 0 Å². The molecule has 1 N–H and O–H groups in total. The first-order chi connectivity index (χ1) is 30.3. The van der Waals surface area contributed by atoms with E-state index in [0.717, 1.165) is 63.5 Å². The van der Waals surface area contributed by atoms with Crippen LogP contribution in [0, 0.1) is 0 Å². The minimum absolute atomic E-state index is 0.0715. The predicted molar refractivity (Wildman–Crippen MR) is 262 cm³/mol. The number of unbranched alkanes of at least 4 members (excludes halogenated alkanes) is 34. The fraction of sp³-hybridized carbons (Fsp3) is 0.778. The van der Waals surface area contributed by atoms with Crippen molar-refractivity contribution in [2.45, 2.75) is 263 Å². The van der Waals surface area contributed by atoms with Gasteiger partial charge in [-0.15, -0.1) is 0 Å². The maximum atomic E-state index is 13.0. The normalized spacial score (nSPS) is 11.9. The van der Waals surface area contributed by atoms with Crippen LogP contribution in [0.25, 0.3) is 0 Å². The molecule has 1 rings (SSSR count). The lowest BCUT2D eigenvalue weighted by atomic mass is 10.0. The van der Waals surface area contributed by atoms with Crippen LogP contribution in [0.15, 0.2) is 47.4 Å². The number of ether oxygens (including phenoxy) is 2. The first-order valence-electron chi connectivity index (χ1n) is 26.1. The van der Waals surface area contributed by atoms with Crippen molar-refractivity contribution in [3.05, 3.63) is 53.6 Å². The zero-order valence-electron chi connectivity index (χ0n) is 40.1. The number of benzene rings is 1. The van der Waals surface area contributed by atoms with E-state index < -0.39 is 27.0 Å². The maximum absolute atomic E-state index is 13.0. The number of carbonyl (C=O) groups is 2. The second-order valence-electron chi connectivity index (χ2n) is 17.9. The molecular formula is C54H94O7S. The Labute approximate surface area is 382 Å². The van der Waals surface area contributed by atoms with E-state index in [0.29, 0.717) is 12.8 Å². The number of hydrogen-bond donors (Lipinski definition) is 1. The van der Waals surface area contributed by atoms with Crippen LogP contribution in [0.1, 0.15) is 279 Å². The summed E-state index contributed by atoms with van der Waals surface area (Å²) in [5.74, 6) is -1.52. The van der Waals surface area contributed by atoms with E-state index in [1.807, 2.05) is 0 Å². The molecule has 0 radical (unpaired) electrons. The molecule has 0 heterocycles. The molecule has 8 heteroatoms. The van der Waals surface area contributed by atoms with Gasteiger partial charge in [0, 0.05) is 0 Å². The molecule has 7 nitrogen and oxygen atoms in total. The highest BCUT2D eigenvalue weighted by Gasteiger charge is 2.23. The highest BCUT2D eigenvalue weighted by Crippen LogP contribution is 2.20. The van der Waals surface area contributed by atoms with Crippen molar-refractivity contribution >= 4 is 22.1 Å². The quantitative estimate of drug-likeness (QED) is 0.0301. The molecule has 0 atom stereocenters. The Hall–Kier alpha value is -2.45. The molecule has 0 aliphatic heterocycles. The zero-order chi connectivity index (χ0) is 45.0. The minimum atomic E-state index is -4.58. The van der Waals surface area contributed by atoms with Crippen molar-refractivity contribution in [1.29, 1.82) is 0 Å². The van der Waals surface area contributed by atoms with Crippen molar-refractivity contribution in [3.8, 4) is 0 Å². The molecule has 0 aliphatic carbocycles. The van der Waals surface area contributed by atoms with Gasteiger partial charge in [-0.2, -0.15) is 8.42 Å². The van der Waals surface area contributed by atoms with Gasteiger partial charge in [0.1, 0.15) is 0 Å². The number of esters is 2. The monoisotopic (exact) mass is 887 g/mol. The second-order valence-corrected chi connectivity index (χ2v) is 19.3. The van der Waals surface area contributed by atoms with Crippen LogP contribution in [0.5, 0.6) is 0 Å². The summed E-state index contributed by atoms with van der Waals surface area (Å²) < 4.78 is 44.1. The molecule has 0 saturated carbocycles. The SMILES string of the molecule is CCCCCCCCCCCCCCCC/C=C/CCCCCOC(=O)c1ccc(S(=O)(=O)O)cc1C(=O)OCCCCC/C=C/CCCCCCCCCCCCCCCC. The van der Waals surface area contributed by atoms with E-state index in [4.69, 9.17) is 9.47 Å². The van der Waals surface area contributed by atoms with E-state index >= 15 is 0 Å². The molecule has 1 aromatic carbocycles. The number of carbonyl (C=O) groups excluding carboxylic acids is 2. The van der Waals surface area contributed by atoms with Gasteiger partial charge in [0.25, 0.3) is 10.1 Å². The van der Waals surface area contributed by atoms with Crippen molar-refractivity contribution in [3.63, 3.8) is 0 Å². The Balaban J connectivity index is 2.15. The van der Waals surface area contributed by atoms with Gasteiger partial charge in [-0.25, -0.2) is 9.59 Å². The Morgan fingerprint density at radius 3 is 1.00 bits per heavy atom. The van der Waals surface area contributed by atoms with E-state index in [9.17, 15) is 22.6 Å². The Morgan fingerprint density at radius 2 is 0.694 bits per heavy atom. The molecule has 0 fully saturated rings. The van der Waals surface area contributed by atoms with E-state index in [1.54, 1.807) is 0 Å². The van der Waals surface area contributed by atoms with Gasteiger partial charge in [0.05, 0.1) is 29.2 Å². The van der Waals surface area contributed by atoms with Gasteiger partial charge >= 0.3 is 11.9 Å². The zero-order valence-corrected chi connectivity index (χ0v) is 40.9. The number of rotatable bonds is 45. The summed E-state index contributed by atoms with van der Waals surface area (Å²) in [5, 5.41) is 0. The highest BCUT2D eigenvalue weighted by atomic mass is 32.2. The van der Waals surface area contributed by atoms with Crippen LogP contribution in [0.4, 0.5) is 0 Å². The fourth-order valence-corrected chi connectivity index (χ4v) is 8.49. The third-order valence-corrected chi connectivity index (χ3v) is 12.9. The second kappa shape index (κ2) is 42.5. The van der Waals surface area contributed by atoms with Gasteiger partial charge in [-0.05, 0) is 95.2 Å². The average molecular weight is 887 g/mol. The summed E-state index contributed by atoms with van der Waals surface area (Å²) in [6.45, 7) is 4.90. The third kappa shape index (κ3) is 35.0. The third-order valence-electron chi connectivity index (χ3n) is 12.0. The predicted octanol–water partition coefficient (Wildman–Crippen LogP) is 17.2. The van der Waals surface area contributed by atoms with E-state index in [-0.39, 0.29) is 24.3 Å². The summed E-state index contributed by atoms with van der Waals surface area (Å²) in [7, 11) is -4.58. The summed E-state index contributed by atoms with van der Waals surface area (Å²) in [6.07, 6.45) is 56.9. The topological polar surface area (TPSA) is 107 Å². The van der Waals surface area contributed by atoms with Crippen LogP contribution in [-0.2, 0) is 19.6 Å². The van der Waals surface area contributed by atoms with Crippen molar-refractivity contribution in [1.82, 2.24) is 0 Å². The lowest BCUT2D eigenvalue weighted by molar-refractivity contribution is 0.0450. The van der Waals surface area contributed by atoms with Crippen LogP contribution in [0.2, 0.25) is 0 Å². The van der Waals surface area contributed by atoms with Crippen molar-refractivity contribution < 1.29 is 32.0 Å². The Kier molecular flexibility index (Phi) is 39.5. The molecule has 0 amide bonds. The molecule has 1 aromatic rings. The van der Waals surface area contributed by atoms with Crippen molar-refractivity contribution in [2.24, 2.45) is 0 Å². The van der Waals surface area contributed by atoms with Gasteiger partial charge in [0.15, 0.2) is 0 Å². The molecule has 0 aromatic heterocycles. The summed E-state index contributed by atoms with van der Waals surface area (Å²) in [6, 6.07) is 3.29. The van der Waals surface area contributed by atoms with Gasteiger partial charge in [-0.3, -0.25) is 4.55 Å². The number of allylic oxidation sites excluding steroid dienone is 4.